The third-order valence-electron chi connectivity index (χ3n) is 5.68. The molecular formula is C21H27F3N4O3. The molecular weight excluding hydrogens is 413 g/mol. The van der Waals surface area contributed by atoms with Gasteiger partial charge in [-0.3, -0.25) is 19.8 Å². The van der Waals surface area contributed by atoms with Gasteiger partial charge in [0.25, 0.3) is 5.91 Å². The van der Waals surface area contributed by atoms with Crippen molar-refractivity contribution >= 4 is 17.8 Å². The van der Waals surface area contributed by atoms with Gasteiger partial charge in [-0.15, -0.1) is 0 Å². The fraction of sp³-hybridized carbons (Fsp3) is 0.571. The molecule has 7 nitrogen and oxygen atoms in total. The SMILES string of the molecule is O=C(CN1CCN(C(=O)c2ccccc2C(F)(F)F)CC1)NC(=O)NC1CCCCC1. The minimum Gasteiger partial charge on any atom is -0.336 e. The van der Waals surface area contributed by atoms with Crippen LogP contribution in [0.5, 0.6) is 0 Å². The molecule has 10 heteroatoms. The number of halogens is 3. The van der Waals surface area contributed by atoms with Crippen molar-refractivity contribution in [3.05, 3.63) is 35.4 Å². The van der Waals surface area contributed by atoms with Crippen LogP contribution >= 0.6 is 0 Å². The first-order valence-electron chi connectivity index (χ1n) is 10.5. The summed E-state index contributed by atoms with van der Waals surface area (Å²) < 4.78 is 39.5. The summed E-state index contributed by atoms with van der Waals surface area (Å²) in [5.41, 5.74) is -1.33. The zero-order valence-corrected chi connectivity index (χ0v) is 17.2. The molecule has 2 N–H and O–H groups in total. The summed E-state index contributed by atoms with van der Waals surface area (Å²) in [5, 5.41) is 5.13. The predicted molar refractivity (Wildman–Crippen MR) is 107 cm³/mol. The maximum atomic E-state index is 13.2. The van der Waals surface area contributed by atoms with Crippen molar-refractivity contribution in [2.24, 2.45) is 0 Å². The van der Waals surface area contributed by atoms with E-state index < -0.39 is 29.6 Å². The van der Waals surface area contributed by atoms with Gasteiger partial charge < -0.3 is 10.2 Å². The van der Waals surface area contributed by atoms with Gasteiger partial charge in [0.1, 0.15) is 0 Å². The second kappa shape index (κ2) is 10.1. The Morgan fingerprint density at radius 1 is 0.968 bits per heavy atom. The van der Waals surface area contributed by atoms with Crippen LogP contribution in [0, 0.1) is 0 Å². The molecule has 170 valence electrons. The topological polar surface area (TPSA) is 81.8 Å². The fourth-order valence-electron chi connectivity index (χ4n) is 4.03. The number of carbonyl (C=O) groups is 3. The van der Waals surface area contributed by atoms with E-state index in [1.807, 2.05) is 0 Å². The Hall–Kier alpha value is -2.62. The van der Waals surface area contributed by atoms with E-state index in [1.54, 1.807) is 4.90 Å². The first-order valence-corrected chi connectivity index (χ1v) is 10.5. The molecule has 0 radical (unpaired) electrons. The average Bonchev–Trinajstić information content (AvgIpc) is 2.73. The molecule has 0 aromatic heterocycles. The number of piperazine rings is 1. The van der Waals surface area contributed by atoms with Crippen molar-refractivity contribution in [3.63, 3.8) is 0 Å². The summed E-state index contributed by atoms with van der Waals surface area (Å²) >= 11 is 0. The van der Waals surface area contributed by atoms with Crippen LogP contribution in [0.15, 0.2) is 24.3 Å². The van der Waals surface area contributed by atoms with Gasteiger partial charge in [-0.25, -0.2) is 4.79 Å². The molecule has 1 saturated heterocycles. The maximum absolute atomic E-state index is 13.2. The Balaban J connectivity index is 1.46. The molecule has 31 heavy (non-hydrogen) atoms. The predicted octanol–water partition coefficient (Wildman–Crippen LogP) is 2.62. The number of urea groups is 1. The van der Waals surface area contributed by atoms with Crippen molar-refractivity contribution in [2.45, 2.75) is 44.3 Å². The Labute approximate surface area is 178 Å². The number of nitrogens with one attached hydrogen (secondary N) is 2. The van der Waals surface area contributed by atoms with E-state index in [0.29, 0.717) is 13.1 Å². The van der Waals surface area contributed by atoms with Crippen molar-refractivity contribution in [3.8, 4) is 0 Å². The van der Waals surface area contributed by atoms with Crippen molar-refractivity contribution in [1.29, 1.82) is 0 Å². The van der Waals surface area contributed by atoms with Gasteiger partial charge >= 0.3 is 12.2 Å². The summed E-state index contributed by atoms with van der Waals surface area (Å²) in [4.78, 5) is 39.8. The van der Waals surface area contributed by atoms with Gasteiger partial charge in [0.2, 0.25) is 5.91 Å². The lowest BCUT2D eigenvalue weighted by atomic mass is 9.96. The molecule has 1 heterocycles. The van der Waals surface area contributed by atoms with Crippen LogP contribution in [0.2, 0.25) is 0 Å². The first-order chi connectivity index (χ1) is 14.7. The van der Waals surface area contributed by atoms with Crippen LogP contribution < -0.4 is 10.6 Å². The molecule has 1 saturated carbocycles. The summed E-state index contributed by atoms with van der Waals surface area (Å²) in [7, 11) is 0. The summed E-state index contributed by atoms with van der Waals surface area (Å²) in [6, 6.07) is 4.31. The van der Waals surface area contributed by atoms with Gasteiger partial charge in [-0.2, -0.15) is 13.2 Å². The lowest BCUT2D eigenvalue weighted by Crippen LogP contribution is -2.53. The number of imide groups is 1. The van der Waals surface area contributed by atoms with Crippen LogP contribution in [-0.2, 0) is 11.0 Å². The van der Waals surface area contributed by atoms with Gasteiger partial charge in [-0.05, 0) is 25.0 Å². The Bertz CT molecular complexity index is 801. The molecule has 1 aromatic rings. The number of hydrogen-bond acceptors (Lipinski definition) is 4. The highest BCUT2D eigenvalue weighted by molar-refractivity contribution is 5.96. The zero-order valence-electron chi connectivity index (χ0n) is 17.2. The highest BCUT2D eigenvalue weighted by Gasteiger charge is 2.36. The largest absolute Gasteiger partial charge is 0.417 e. The molecule has 0 spiro atoms. The quantitative estimate of drug-likeness (QED) is 0.754. The van der Waals surface area contributed by atoms with E-state index in [-0.39, 0.29) is 31.2 Å². The molecule has 0 unspecified atom stereocenters. The number of hydrogen-bond donors (Lipinski definition) is 2. The van der Waals surface area contributed by atoms with E-state index >= 15 is 0 Å². The third-order valence-corrected chi connectivity index (χ3v) is 5.68. The molecule has 1 aliphatic carbocycles. The average molecular weight is 440 g/mol. The second-order valence-electron chi connectivity index (χ2n) is 7.97. The van der Waals surface area contributed by atoms with Gasteiger partial charge in [-0.1, -0.05) is 31.4 Å². The monoisotopic (exact) mass is 440 g/mol. The van der Waals surface area contributed by atoms with E-state index in [0.717, 1.165) is 38.2 Å². The van der Waals surface area contributed by atoms with E-state index in [2.05, 4.69) is 10.6 Å². The first kappa shape index (κ1) is 23.1. The molecule has 2 aliphatic rings. The van der Waals surface area contributed by atoms with Crippen LogP contribution in [0.3, 0.4) is 0 Å². The second-order valence-corrected chi connectivity index (χ2v) is 7.97. The minimum atomic E-state index is -4.61. The zero-order chi connectivity index (χ0) is 22.4. The summed E-state index contributed by atoms with van der Waals surface area (Å²) in [5.74, 6) is -1.13. The minimum absolute atomic E-state index is 0.0146. The Morgan fingerprint density at radius 3 is 2.26 bits per heavy atom. The van der Waals surface area contributed by atoms with Gasteiger partial charge in [0.15, 0.2) is 0 Å². The molecule has 0 atom stereocenters. The molecule has 1 aliphatic heterocycles. The van der Waals surface area contributed by atoms with E-state index in [1.165, 1.54) is 23.1 Å². The van der Waals surface area contributed by atoms with Gasteiger partial charge in [0.05, 0.1) is 17.7 Å². The molecule has 2 fully saturated rings. The number of alkyl halides is 3. The lowest BCUT2D eigenvalue weighted by Gasteiger charge is -2.34. The fourth-order valence-corrected chi connectivity index (χ4v) is 4.03. The smallest absolute Gasteiger partial charge is 0.336 e. The van der Waals surface area contributed by atoms with E-state index in [4.69, 9.17) is 0 Å². The summed E-state index contributed by atoms with van der Waals surface area (Å²) in [6.07, 6.45) is 0.508. The summed E-state index contributed by atoms with van der Waals surface area (Å²) in [6.45, 7) is 1.05. The Morgan fingerprint density at radius 2 is 1.61 bits per heavy atom. The van der Waals surface area contributed by atoms with Crippen molar-refractivity contribution in [1.82, 2.24) is 20.4 Å². The van der Waals surface area contributed by atoms with Crippen LogP contribution in [-0.4, -0.2) is 66.4 Å². The number of amides is 4. The van der Waals surface area contributed by atoms with Crippen LogP contribution in [0.4, 0.5) is 18.0 Å². The van der Waals surface area contributed by atoms with Crippen molar-refractivity contribution < 1.29 is 27.6 Å². The van der Waals surface area contributed by atoms with Crippen molar-refractivity contribution in [2.75, 3.05) is 32.7 Å². The Kier molecular flexibility index (Phi) is 7.53. The molecule has 0 bridgehead atoms. The van der Waals surface area contributed by atoms with E-state index in [9.17, 15) is 27.6 Å². The molecule has 4 amide bonds. The maximum Gasteiger partial charge on any atom is 0.417 e. The molecule has 1 aromatic carbocycles. The lowest BCUT2D eigenvalue weighted by molar-refractivity contribution is -0.138. The highest BCUT2D eigenvalue weighted by atomic mass is 19.4. The number of rotatable bonds is 4. The van der Waals surface area contributed by atoms with Crippen LogP contribution in [0.25, 0.3) is 0 Å². The van der Waals surface area contributed by atoms with Crippen LogP contribution in [0.1, 0.15) is 48.0 Å². The highest BCUT2D eigenvalue weighted by Crippen LogP contribution is 2.32. The normalized spacial score (nSPS) is 18.5. The number of carbonyl (C=O) groups excluding carboxylic acids is 3. The molecule has 3 rings (SSSR count). The number of benzene rings is 1. The standard InChI is InChI=1S/C21H27F3N4O3/c22-21(23,24)17-9-5-4-8-16(17)19(30)28-12-10-27(11-13-28)14-18(29)26-20(31)25-15-6-2-1-3-7-15/h4-5,8-9,15H,1-3,6-7,10-14H2,(H2,25,26,29,31). The van der Waals surface area contributed by atoms with Gasteiger partial charge in [0, 0.05) is 32.2 Å². The third kappa shape index (κ3) is 6.43. The number of nitrogens with zero attached hydrogens (tertiary/aromatic N) is 2.